The van der Waals surface area contributed by atoms with Gasteiger partial charge in [0.2, 0.25) is 23.6 Å². The van der Waals surface area contributed by atoms with E-state index in [1.165, 1.54) is 32.3 Å². The molecule has 11 heteroatoms. The van der Waals surface area contributed by atoms with Gasteiger partial charge in [-0.05, 0) is 74.4 Å². The fraction of sp³-hybridized carbons (Fsp3) is 0.423. The van der Waals surface area contributed by atoms with Gasteiger partial charge in [-0.1, -0.05) is 0 Å². The molecule has 2 aliphatic heterocycles. The molecule has 0 radical (unpaired) electrons. The molecular formula is C26H31N7O4. The second-order valence-corrected chi connectivity index (χ2v) is 9.00. The average Bonchev–Trinajstić information content (AvgIpc) is 3.50. The molecule has 0 atom stereocenters. The summed E-state index contributed by atoms with van der Waals surface area (Å²) in [5.41, 5.74) is 3.71. The smallest absolute Gasteiger partial charge is 0.379 e. The molecule has 0 saturated carbocycles. The molecule has 0 bridgehead atoms. The van der Waals surface area contributed by atoms with E-state index in [1.807, 2.05) is 0 Å². The molecule has 0 spiro atoms. The van der Waals surface area contributed by atoms with Crippen LogP contribution in [0, 0.1) is 0 Å². The molecule has 11 nitrogen and oxygen atoms in total. The van der Waals surface area contributed by atoms with Crippen LogP contribution in [0.1, 0.15) is 54.6 Å². The van der Waals surface area contributed by atoms with Crippen LogP contribution in [0.25, 0.3) is 0 Å². The summed E-state index contributed by atoms with van der Waals surface area (Å²) in [6.45, 7) is 3.79. The van der Waals surface area contributed by atoms with Crippen molar-refractivity contribution >= 4 is 30.0 Å². The minimum atomic E-state index is -0.602. The molecule has 3 aromatic rings. The summed E-state index contributed by atoms with van der Waals surface area (Å²) in [5.74, 6) is 1.98. The molecule has 0 unspecified atom stereocenters. The third-order valence-corrected chi connectivity index (χ3v) is 6.38. The van der Waals surface area contributed by atoms with Gasteiger partial charge in [0.15, 0.2) is 11.5 Å². The van der Waals surface area contributed by atoms with Gasteiger partial charge in [-0.15, -0.1) is 0 Å². The SMILES string of the molecule is COc1cc(/C=N/Nc2nc(N3CCCCC3)nc(N3CCCCC3)n2)ccc1OC(=O)c1ccco1. The Labute approximate surface area is 215 Å². The molecule has 5 rings (SSSR count). The van der Waals surface area contributed by atoms with Gasteiger partial charge in [0.25, 0.3) is 0 Å². The van der Waals surface area contributed by atoms with Crippen molar-refractivity contribution in [1.29, 1.82) is 0 Å². The Kier molecular flexibility index (Phi) is 7.78. The lowest BCUT2D eigenvalue weighted by molar-refractivity contribution is 0.0696. The quantitative estimate of drug-likeness (QED) is 0.207. The maximum atomic E-state index is 12.2. The molecule has 4 heterocycles. The number of aromatic nitrogens is 3. The Morgan fingerprint density at radius 3 is 2.22 bits per heavy atom. The van der Waals surface area contributed by atoms with Crippen molar-refractivity contribution in [3.63, 3.8) is 0 Å². The molecule has 1 N–H and O–H groups in total. The van der Waals surface area contributed by atoms with Crippen molar-refractivity contribution in [3.05, 3.63) is 47.9 Å². The number of esters is 1. The van der Waals surface area contributed by atoms with Gasteiger partial charge in [0.1, 0.15) is 0 Å². The highest BCUT2D eigenvalue weighted by Crippen LogP contribution is 2.28. The molecular weight excluding hydrogens is 474 g/mol. The third kappa shape index (κ3) is 6.16. The van der Waals surface area contributed by atoms with Gasteiger partial charge < -0.3 is 23.7 Å². The van der Waals surface area contributed by atoms with Crippen molar-refractivity contribution < 1.29 is 18.7 Å². The molecule has 194 valence electrons. The number of anilines is 3. The van der Waals surface area contributed by atoms with E-state index in [0.29, 0.717) is 23.6 Å². The van der Waals surface area contributed by atoms with Crippen LogP contribution in [-0.2, 0) is 0 Å². The number of nitrogens with one attached hydrogen (secondary N) is 1. The summed E-state index contributed by atoms with van der Waals surface area (Å²) in [7, 11) is 1.51. The molecule has 1 aromatic carbocycles. The zero-order chi connectivity index (χ0) is 25.5. The van der Waals surface area contributed by atoms with Crippen LogP contribution in [0.4, 0.5) is 17.8 Å². The van der Waals surface area contributed by atoms with E-state index < -0.39 is 5.97 Å². The molecule has 2 aromatic heterocycles. The lowest BCUT2D eigenvalue weighted by atomic mass is 10.1. The first-order valence-corrected chi connectivity index (χ1v) is 12.7. The van der Waals surface area contributed by atoms with Crippen molar-refractivity contribution in [2.24, 2.45) is 5.10 Å². The normalized spacial score (nSPS) is 16.1. The van der Waals surface area contributed by atoms with Gasteiger partial charge in [-0.3, -0.25) is 0 Å². The van der Waals surface area contributed by atoms with E-state index in [-0.39, 0.29) is 11.5 Å². The molecule has 2 aliphatic rings. The predicted molar refractivity (Wildman–Crippen MR) is 140 cm³/mol. The van der Waals surface area contributed by atoms with Crippen LogP contribution in [-0.4, -0.2) is 60.4 Å². The minimum Gasteiger partial charge on any atom is -0.493 e. The molecule has 0 amide bonds. The van der Waals surface area contributed by atoms with Crippen LogP contribution in [0.15, 0.2) is 46.1 Å². The summed E-state index contributed by atoms with van der Waals surface area (Å²) >= 11 is 0. The van der Waals surface area contributed by atoms with Crippen molar-refractivity contribution in [2.45, 2.75) is 38.5 Å². The Bertz CT molecular complexity index is 1180. The highest BCUT2D eigenvalue weighted by molar-refractivity contribution is 5.89. The lowest BCUT2D eigenvalue weighted by Gasteiger charge is -2.30. The van der Waals surface area contributed by atoms with Crippen molar-refractivity contribution in [3.8, 4) is 11.5 Å². The average molecular weight is 506 g/mol. The Morgan fingerprint density at radius 2 is 1.62 bits per heavy atom. The number of piperidine rings is 2. The highest BCUT2D eigenvalue weighted by atomic mass is 16.6. The van der Waals surface area contributed by atoms with Crippen LogP contribution in [0.2, 0.25) is 0 Å². The van der Waals surface area contributed by atoms with Gasteiger partial charge in [0.05, 0.1) is 19.6 Å². The number of methoxy groups -OCH3 is 1. The lowest BCUT2D eigenvalue weighted by Crippen LogP contribution is -2.34. The Balaban J connectivity index is 1.31. The molecule has 0 aliphatic carbocycles. The van der Waals surface area contributed by atoms with E-state index in [0.717, 1.165) is 57.4 Å². The van der Waals surface area contributed by atoms with Gasteiger partial charge in [-0.2, -0.15) is 20.1 Å². The Hall–Kier alpha value is -4.15. The maximum absolute atomic E-state index is 12.2. The number of carbonyl (C=O) groups is 1. The first kappa shape index (κ1) is 24.5. The van der Waals surface area contributed by atoms with Crippen molar-refractivity contribution in [1.82, 2.24) is 15.0 Å². The fourth-order valence-corrected chi connectivity index (χ4v) is 4.43. The second-order valence-electron chi connectivity index (χ2n) is 9.00. The predicted octanol–water partition coefficient (Wildman–Crippen LogP) is 4.12. The number of nitrogens with zero attached hydrogens (tertiary/aromatic N) is 6. The Morgan fingerprint density at radius 1 is 0.946 bits per heavy atom. The first-order chi connectivity index (χ1) is 18.2. The zero-order valence-electron chi connectivity index (χ0n) is 20.9. The van der Waals surface area contributed by atoms with Gasteiger partial charge >= 0.3 is 5.97 Å². The largest absolute Gasteiger partial charge is 0.493 e. The number of hydrogen-bond donors (Lipinski definition) is 1. The molecule has 2 fully saturated rings. The monoisotopic (exact) mass is 505 g/mol. The van der Waals surface area contributed by atoms with E-state index in [4.69, 9.17) is 18.9 Å². The van der Waals surface area contributed by atoms with Crippen LogP contribution < -0.4 is 24.7 Å². The molecule has 2 saturated heterocycles. The second kappa shape index (κ2) is 11.7. The number of carbonyl (C=O) groups excluding carboxylic acids is 1. The summed E-state index contributed by atoms with van der Waals surface area (Å²) in [5, 5.41) is 4.35. The van der Waals surface area contributed by atoms with E-state index in [9.17, 15) is 4.79 Å². The summed E-state index contributed by atoms with van der Waals surface area (Å²) in [6.07, 6.45) is 10.1. The summed E-state index contributed by atoms with van der Waals surface area (Å²) < 4.78 is 15.9. The summed E-state index contributed by atoms with van der Waals surface area (Å²) in [4.78, 5) is 30.7. The van der Waals surface area contributed by atoms with E-state index in [1.54, 1.807) is 30.5 Å². The molecule has 37 heavy (non-hydrogen) atoms. The first-order valence-electron chi connectivity index (χ1n) is 12.7. The maximum Gasteiger partial charge on any atom is 0.379 e. The fourth-order valence-electron chi connectivity index (χ4n) is 4.43. The minimum absolute atomic E-state index is 0.113. The van der Waals surface area contributed by atoms with Crippen LogP contribution >= 0.6 is 0 Å². The number of benzene rings is 1. The number of ether oxygens (including phenoxy) is 2. The third-order valence-electron chi connectivity index (χ3n) is 6.38. The topological polar surface area (TPSA) is 118 Å². The number of hydrogen-bond acceptors (Lipinski definition) is 11. The summed E-state index contributed by atoms with van der Waals surface area (Å²) in [6, 6.07) is 8.30. The number of furan rings is 1. The standard InChI is InChI=1S/C26H31N7O4/c1-35-22-17-19(10-11-20(22)37-23(34)21-9-8-16-36-21)18-27-31-24-28-25(32-12-4-2-5-13-32)30-26(29-24)33-14-6-3-7-15-33/h8-11,16-18H,2-7,12-15H2,1H3,(H,28,29,30,31)/b27-18+. The van der Waals surface area contributed by atoms with Crippen molar-refractivity contribution in [2.75, 3.05) is 48.5 Å². The number of hydrazone groups is 1. The highest BCUT2D eigenvalue weighted by Gasteiger charge is 2.20. The zero-order valence-corrected chi connectivity index (χ0v) is 20.9. The van der Waals surface area contributed by atoms with Gasteiger partial charge in [0, 0.05) is 26.2 Å². The van der Waals surface area contributed by atoms with Crippen LogP contribution in [0.5, 0.6) is 11.5 Å². The van der Waals surface area contributed by atoms with Crippen LogP contribution in [0.3, 0.4) is 0 Å². The van der Waals surface area contributed by atoms with Gasteiger partial charge in [-0.25, -0.2) is 10.2 Å². The number of rotatable bonds is 8. The van der Waals surface area contributed by atoms with E-state index in [2.05, 4.69) is 30.3 Å². The van der Waals surface area contributed by atoms with E-state index >= 15 is 0 Å².